The molecular weight excluding hydrogens is 372 g/mol. The van der Waals surface area contributed by atoms with Crippen molar-refractivity contribution in [2.45, 2.75) is 40.7 Å². The van der Waals surface area contributed by atoms with Crippen molar-refractivity contribution in [1.82, 2.24) is 0 Å². The van der Waals surface area contributed by atoms with E-state index in [1.54, 1.807) is 0 Å². The van der Waals surface area contributed by atoms with Crippen LogP contribution in [0.5, 0.6) is 0 Å². The third-order valence-corrected chi connectivity index (χ3v) is 9.18. The Morgan fingerprint density at radius 2 is 1.25 bits per heavy atom. The van der Waals surface area contributed by atoms with Crippen molar-refractivity contribution in [3.05, 3.63) is 24.3 Å². The second-order valence-corrected chi connectivity index (χ2v) is 12.9. The molecule has 1 fully saturated rings. The van der Waals surface area contributed by atoms with Crippen LogP contribution in [-0.2, 0) is 29.5 Å². The molecule has 0 bridgehead atoms. The van der Waals surface area contributed by atoms with Crippen LogP contribution in [0.4, 0.5) is 0 Å². The lowest BCUT2D eigenvalue weighted by Crippen LogP contribution is -2.29. The number of hydrogen-bond acceptors (Lipinski definition) is 6. The zero-order valence-electron chi connectivity index (χ0n) is 13.7. The topological polar surface area (TPSA) is 102 Å². The van der Waals surface area contributed by atoms with E-state index in [9.17, 15) is 25.3 Å². The average molecular weight is 395 g/mol. The second kappa shape index (κ2) is 6.76. The van der Waals surface area contributed by atoms with Crippen LogP contribution < -0.4 is 0 Å². The van der Waals surface area contributed by atoms with E-state index in [2.05, 4.69) is 0 Å². The molecular formula is C15H22O6S3. The predicted molar refractivity (Wildman–Crippen MR) is 92.2 cm³/mol. The van der Waals surface area contributed by atoms with Crippen LogP contribution in [0.1, 0.15) is 25.7 Å². The molecule has 1 aliphatic carbocycles. The molecule has 9 heteroatoms. The molecule has 0 spiro atoms. The van der Waals surface area contributed by atoms with E-state index in [1.165, 1.54) is 30.5 Å². The highest BCUT2D eigenvalue weighted by Gasteiger charge is 2.30. The van der Waals surface area contributed by atoms with Gasteiger partial charge in [-0.3, -0.25) is 0 Å². The van der Waals surface area contributed by atoms with E-state index in [0.717, 1.165) is 6.26 Å². The van der Waals surface area contributed by atoms with Crippen molar-refractivity contribution >= 4 is 29.5 Å². The van der Waals surface area contributed by atoms with Crippen LogP contribution in [0.3, 0.4) is 0 Å². The highest BCUT2D eigenvalue weighted by atomic mass is 32.2. The number of hydrogen-bond donors (Lipinski definition) is 0. The zero-order valence-corrected chi connectivity index (χ0v) is 16.1. The van der Waals surface area contributed by atoms with Crippen molar-refractivity contribution in [2.75, 3.05) is 18.3 Å². The molecule has 1 aromatic rings. The summed E-state index contributed by atoms with van der Waals surface area (Å²) in [5.74, 6) is -0.107. The molecule has 1 aliphatic rings. The number of benzene rings is 1. The maximum absolute atomic E-state index is 12.5. The number of rotatable bonds is 5. The number of sulfone groups is 3. The summed E-state index contributed by atoms with van der Waals surface area (Å²) in [5, 5.41) is -0.370. The lowest BCUT2D eigenvalue weighted by molar-refractivity contribution is 0.383. The van der Waals surface area contributed by atoms with E-state index in [0.29, 0.717) is 25.7 Å². The van der Waals surface area contributed by atoms with Gasteiger partial charge in [0.15, 0.2) is 19.7 Å². The van der Waals surface area contributed by atoms with E-state index in [1.807, 2.05) is 0 Å². The molecule has 0 radical (unpaired) electrons. The minimum atomic E-state index is -3.52. The first-order chi connectivity index (χ1) is 10.9. The van der Waals surface area contributed by atoms with Gasteiger partial charge in [0.05, 0.1) is 20.8 Å². The highest BCUT2D eigenvalue weighted by Crippen LogP contribution is 2.30. The normalized spacial score (nSPS) is 23.1. The molecule has 0 heterocycles. The average Bonchev–Trinajstić information content (AvgIpc) is 2.46. The van der Waals surface area contributed by atoms with Gasteiger partial charge in [-0.25, -0.2) is 25.3 Å². The Bertz CT molecular complexity index is 888. The van der Waals surface area contributed by atoms with Gasteiger partial charge in [-0.05, 0) is 55.9 Å². The molecule has 0 unspecified atom stereocenters. The summed E-state index contributed by atoms with van der Waals surface area (Å²) in [5.41, 5.74) is 0. The molecule has 0 N–H and O–H groups in total. The summed E-state index contributed by atoms with van der Waals surface area (Å²) in [7, 11) is -9.95. The van der Waals surface area contributed by atoms with E-state index in [-0.39, 0.29) is 26.7 Å². The van der Waals surface area contributed by atoms with Gasteiger partial charge in [0.1, 0.15) is 9.84 Å². The lowest BCUT2D eigenvalue weighted by Gasteiger charge is -2.27. The lowest BCUT2D eigenvalue weighted by atomic mass is 9.90. The SMILES string of the molecule is CS(=O)(=O)c1ccc(S(=O)(=O)CC2CCC(S(C)(=O)=O)CC2)cc1. The Labute approximate surface area is 144 Å². The summed E-state index contributed by atoms with van der Waals surface area (Å²) in [6.07, 6.45) is 4.41. The van der Waals surface area contributed by atoms with Gasteiger partial charge >= 0.3 is 0 Å². The summed E-state index contributed by atoms with van der Waals surface area (Å²) in [6.45, 7) is 0. The standard InChI is InChI=1S/C15H22O6S3/c1-22(16,17)13-5-3-12(4-6-13)11-24(20,21)15-9-7-14(8-10-15)23(2,18)19/h7-10,12-13H,3-6,11H2,1-2H3. The first kappa shape index (κ1) is 19.4. The molecule has 0 aliphatic heterocycles. The molecule has 0 saturated heterocycles. The maximum Gasteiger partial charge on any atom is 0.178 e. The fraction of sp³-hybridized carbons (Fsp3) is 0.600. The van der Waals surface area contributed by atoms with Gasteiger partial charge in [-0.1, -0.05) is 0 Å². The fourth-order valence-corrected chi connectivity index (χ4v) is 6.48. The largest absolute Gasteiger partial charge is 0.229 e. The van der Waals surface area contributed by atoms with Crippen molar-refractivity contribution in [1.29, 1.82) is 0 Å². The molecule has 2 rings (SSSR count). The third kappa shape index (κ3) is 4.80. The Balaban J connectivity index is 2.07. The van der Waals surface area contributed by atoms with Gasteiger partial charge < -0.3 is 0 Å². The monoisotopic (exact) mass is 394 g/mol. The van der Waals surface area contributed by atoms with Gasteiger partial charge in [-0.2, -0.15) is 0 Å². The molecule has 6 nitrogen and oxygen atoms in total. The van der Waals surface area contributed by atoms with Crippen molar-refractivity contribution in [3.63, 3.8) is 0 Å². The summed E-state index contributed by atoms with van der Waals surface area (Å²) in [6, 6.07) is 5.22. The van der Waals surface area contributed by atoms with Gasteiger partial charge in [-0.15, -0.1) is 0 Å². The molecule has 24 heavy (non-hydrogen) atoms. The van der Waals surface area contributed by atoms with E-state index in [4.69, 9.17) is 0 Å². The van der Waals surface area contributed by atoms with Crippen LogP contribution in [0.15, 0.2) is 34.1 Å². The highest BCUT2D eigenvalue weighted by molar-refractivity contribution is 7.91. The maximum atomic E-state index is 12.5. The molecule has 1 saturated carbocycles. The Hall–Kier alpha value is -0.930. The Morgan fingerprint density at radius 1 is 0.792 bits per heavy atom. The Kier molecular flexibility index (Phi) is 5.46. The molecule has 0 amide bonds. The van der Waals surface area contributed by atoms with Crippen LogP contribution in [0.2, 0.25) is 0 Å². The van der Waals surface area contributed by atoms with Crippen molar-refractivity contribution in [3.8, 4) is 0 Å². The fourth-order valence-electron chi connectivity index (χ4n) is 3.03. The second-order valence-electron chi connectivity index (χ2n) is 6.50. The quantitative estimate of drug-likeness (QED) is 0.749. The Morgan fingerprint density at radius 3 is 1.67 bits per heavy atom. The summed E-state index contributed by atoms with van der Waals surface area (Å²) < 4.78 is 70.9. The van der Waals surface area contributed by atoms with Gasteiger partial charge in [0.2, 0.25) is 0 Å². The summed E-state index contributed by atoms with van der Waals surface area (Å²) in [4.78, 5) is 0.176. The van der Waals surface area contributed by atoms with Crippen LogP contribution in [-0.4, -0.2) is 48.8 Å². The first-order valence-electron chi connectivity index (χ1n) is 7.61. The van der Waals surface area contributed by atoms with E-state index < -0.39 is 29.5 Å². The predicted octanol–water partition coefficient (Wildman–Crippen LogP) is 1.47. The molecule has 1 aromatic carbocycles. The minimum Gasteiger partial charge on any atom is -0.229 e. The first-order valence-corrected chi connectivity index (χ1v) is 13.1. The van der Waals surface area contributed by atoms with Crippen LogP contribution in [0, 0.1) is 5.92 Å². The van der Waals surface area contributed by atoms with Gasteiger partial charge in [0.25, 0.3) is 0 Å². The molecule has 0 atom stereocenters. The van der Waals surface area contributed by atoms with Gasteiger partial charge in [0, 0.05) is 12.5 Å². The smallest absolute Gasteiger partial charge is 0.178 e. The van der Waals surface area contributed by atoms with Crippen molar-refractivity contribution < 1.29 is 25.3 Å². The van der Waals surface area contributed by atoms with Crippen LogP contribution in [0.25, 0.3) is 0 Å². The zero-order chi connectivity index (χ0) is 18.2. The third-order valence-electron chi connectivity index (χ3n) is 4.47. The van der Waals surface area contributed by atoms with Crippen molar-refractivity contribution in [2.24, 2.45) is 5.92 Å². The minimum absolute atomic E-state index is 0.0400. The van der Waals surface area contributed by atoms with E-state index >= 15 is 0 Å². The molecule has 136 valence electrons. The van der Waals surface area contributed by atoms with Crippen LogP contribution >= 0.6 is 0 Å². The molecule has 0 aromatic heterocycles. The summed E-state index contributed by atoms with van der Waals surface area (Å²) >= 11 is 0.